The first-order chi connectivity index (χ1) is 19.0. The second kappa shape index (κ2) is 9.18. The number of aromatic nitrogens is 5. The molecule has 1 saturated heterocycles. The molecular weight excluding hydrogens is 510 g/mol. The molecule has 0 N–H and O–H groups in total. The van der Waals surface area contributed by atoms with E-state index >= 15 is 0 Å². The van der Waals surface area contributed by atoms with Crippen LogP contribution in [-0.4, -0.2) is 62.2 Å². The molecule has 0 spiro atoms. The lowest BCUT2D eigenvalue weighted by molar-refractivity contribution is 0.313. The van der Waals surface area contributed by atoms with Gasteiger partial charge in [-0.15, -0.1) is 0 Å². The SMILES string of the molecule is CN1CCN(c2ccc(-n3c(=O)n(C)c4cnc5ccc(-c6ccc7nccnc7c6)cc5c43)cc2Cl)CC1. The van der Waals surface area contributed by atoms with Crippen molar-refractivity contribution in [3.63, 3.8) is 0 Å². The first-order valence-corrected chi connectivity index (χ1v) is 13.3. The summed E-state index contributed by atoms with van der Waals surface area (Å²) in [5.41, 5.74) is 7.66. The number of hydrogen-bond acceptors (Lipinski definition) is 6. The normalized spacial score (nSPS) is 14.6. The standard InChI is InChI=1S/C30H26ClN7O/c1-35-11-13-37(14-12-35)27-8-5-21(17-23(27)31)38-29-22-15-19(20-4-7-25-26(16-20)33-10-9-32-25)3-6-24(22)34-18-28(29)36(2)30(38)39/h3-10,15-18H,11-14H2,1-2H3. The molecule has 0 bridgehead atoms. The molecule has 4 heterocycles. The Morgan fingerprint density at radius 1 is 0.769 bits per heavy atom. The molecule has 8 nitrogen and oxygen atoms in total. The van der Waals surface area contributed by atoms with Gasteiger partial charge in [-0.3, -0.25) is 24.1 Å². The first kappa shape index (κ1) is 23.8. The highest BCUT2D eigenvalue weighted by atomic mass is 35.5. The predicted octanol–water partition coefficient (Wildman–Crippen LogP) is 4.89. The van der Waals surface area contributed by atoms with Crippen LogP contribution in [0.4, 0.5) is 5.69 Å². The van der Waals surface area contributed by atoms with Crippen LogP contribution in [0.5, 0.6) is 0 Å². The Labute approximate surface area is 229 Å². The highest BCUT2D eigenvalue weighted by Gasteiger charge is 2.20. The molecule has 6 aromatic rings. The largest absolute Gasteiger partial charge is 0.368 e. The molecule has 0 amide bonds. The lowest BCUT2D eigenvalue weighted by Crippen LogP contribution is -2.44. The smallest absolute Gasteiger partial charge is 0.333 e. The zero-order valence-electron chi connectivity index (χ0n) is 21.7. The number of rotatable bonds is 3. The minimum atomic E-state index is -0.144. The van der Waals surface area contributed by atoms with Gasteiger partial charge < -0.3 is 9.80 Å². The molecule has 39 heavy (non-hydrogen) atoms. The monoisotopic (exact) mass is 535 g/mol. The van der Waals surface area contributed by atoms with Crippen LogP contribution < -0.4 is 10.6 Å². The highest BCUT2D eigenvalue weighted by Crippen LogP contribution is 2.33. The number of benzene rings is 3. The summed E-state index contributed by atoms with van der Waals surface area (Å²) in [5.74, 6) is 0. The topological polar surface area (TPSA) is 72.1 Å². The quantitative estimate of drug-likeness (QED) is 0.321. The fourth-order valence-corrected chi connectivity index (χ4v) is 5.79. The van der Waals surface area contributed by atoms with E-state index in [1.807, 2.05) is 48.5 Å². The van der Waals surface area contributed by atoms with E-state index in [-0.39, 0.29) is 5.69 Å². The molecule has 0 radical (unpaired) electrons. The van der Waals surface area contributed by atoms with Crippen molar-refractivity contribution in [1.29, 1.82) is 0 Å². The summed E-state index contributed by atoms with van der Waals surface area (Å²) in [6.45, 7) is 3.82. The Bertz CT molecular complexity index is 1950. The van der Waals surface area contributed by atoms with E-state index in [4.69, 9.17) is 11.6 Å². The maximum Gasteiger partial charge on any atom is 0.333 e. The van der Waals surface area contributed by atoms with Gasteiger partial charge in [-0.1, -0.05) is 23.7 Å². The van der Waals surface area contributed by atoms with Gasteiger partial charge >= 0.3 is 5.69 Å². The second-order valence-corrected chi connectivity index (χ2v) is 10.5. The van der Waals surface area contributed by atoms with Gasteiger partial charge in [-0.05, 0) is 60.6 Å². The number of imidazole rings is 1. The van der Waals surface area contributed by atoms with Gasteiger partial charge in [0.25, 0.3) is 0 Å². The molecule has 9 heteroatoms. The number of pyridine rings is 1. The van der Waals surface area contributed by atoms with E-state index in [2.05, 4.69) is 37.9 Å². The number of hydrogen-bond donors (Lipinski definition) is 0. The number of anilines is 1. The van der Waals surface area contributed by atoms with Crippen LogP contribution >= 0.6 is 11.6 Å². The van der Waals surface area contributed by atoms with Crippen molar-refractivity contribution >= 4 is 50.3 Å². The van der Waals surface area contributed by atoms with Crippen LogP contribution in [0.2, 0.25) is 5.02 Å². The van der Waals surface area contributed by atoms with E-state index in [1.54, 1.807) is 34.8 Å². The molecule has 0 aliphatic carbocycles. The van der Waals surface area contributed by atoms with Crippen LogP contribution in [0.1, 0.15) is 0 Å². The molecule has 3 aromatic carbocycles. The zero-order chi connectivity index (χ0) is 26.7. The molecule has 1 fully saturated rings. The number of aryl methyl sites for hydroxylation is 1. The van der Waals surface area contributed by atoms with Gasteiger partial charge in [0.15, 0.2) is 0 Å². The Balaban J connectivity index is 1.40. The van der Waals surface area contributed by atoms with Gasteiger partial charge in [0, 0.05) is 51.0 Å². The van der Waals surface area contributed by atoms with Crippen molar-refractivity contribution in [2.75, 3.05) is 38.1 Å². The Morgan fingerprint density at radius 2 is 1.49 bits per heavy atom. The van der Waals surface area contributed by atoms with Crippen molar-refractivity contribution in [2.24, 2.45) is 7.05 Å². The van der Waals surface area contributed by atoms with Crippen LogP contribution in [0, 0.1) is 0 Å². The minimum absolute atomic E-state index is 0.144. The number of likely N-dealkylation sites (N-methyl/N-ethyl adjacent to an activating group) is 1. The van der Waals surface area contributed by atoms with E-state index < -0.39 is 0 Å². The molecule has 194 valence electrons. The van der Waals surface area contributed by atoms with Gasteiger partial charge in [0.05, 0.1) is 50.2 Å². The van der Waals surface area contributed by atoms with E-state index in [9.17, 15) is 4.79 Å². The summed E-state index contributed by atoms with van der Waals surface area (Å²) >= 11 is 6.83. The van der Waals surface area contributed by atoms with Gasteiger partial charge in [-0.25, -0.2) is 4.79 Å². The summed E-state index contributed by atoms with van der Waals surface area (Å²) in [6.07, 6.45) is 5.16. The van der Waals surface area contributed by atoms with Crippen LogP contribution in [0.15, 0.2) is 78.0 Å². The van der Waals surface area contributed by atoms with Crippen molar-refractivity contribution in [3.8, 4) is 16.8 Å². The number of halogens is 1. The van der Waals surface area contributed by atoms with E-state index in [1.165, 1.54) is 0 Å². The van der Waals surface area contributed by atoms with Crippen molar-refractivity contribution in [2.45, 2.75) is 0 Å². The summed E-state index contributed by atoms with van der Waals surface area (Å²) in [5, 5.41) is 1.53. The third kappa shape index (κ3) is 3.95. The molecule has 1 aliphatic heterocycles. The van der Waals surface area contributed by atoms with Crippen molar-refractivity contribution < 1.29 is 0 Å². The Kier molecular flexibility index (Phi) is 5.61. The van der Waals surface area contributed by atoms with E-state index in [0.29, 0.717) is 5.02 Å². The van der Waals surface area contributed by atoms with Crippen LogP contribution in [0.3, 0.4) is 0 Å². The fraction of sp³-hybridized carbons (Fsp3) is 0.200. The first-order valence-electron chi connectivity index (χ1n) is 12.9. The summed E-state index contributed by atoms with van der Waals surface area (Å²) < 4.78 is 3.39. The number of nitrogens with zero attached hydrogens (tertiary/aromatic N) is 7. The van der Waals surface area contributed by atoms with Crippen molar-refractivity contribution in [3.05, 3.63) is 88.7 Å². The lowest BCUT2D eigenvalue weighted by Gasteiger charge is -2.34. The summed E-state index contributed by atoms with van der Waals surface area (Å²) in [6, 6.07) is 18.1. The van der Waals surface area contributed by atoms with Crippen molar-refractivity contribution in [1.82, 2.24) is 29.0 Å². The summed E-state index contributed by atoms with van der Waals surface area (Å²) in [4.78, 5) is 31.7. The molecule has 7 rings (SSSR count). The average molecular weight is 536 g/mol. The van der Waals surface area contributed by atoms with Crippen LogP contribution in [-0.2, 0) is 7.05 Å². The lowest BCUT2D eigenvalue weighted by atomic mass is 10.0. The number of piperazine rings is 1. The summed E-state index contributed by atoms with van der Waals surface area (Å²) in [7, 11) is 3.91. The Morgan fingerprint density at radius 3 is 2.26 bits per heavy atom. The fourth-order valence-electron chi connectivity index (χ4n) is 5.50. The third-order valence-electron chi connectivity index (χ3n) is 7.72. The maximum atomic E-state index is 13.6. The predicted molar refractivity (Wildman–Crippen MR) is 157 cm³/mol. The third-order valence-corrected chi connectivity index (χ3v) is 8.02. The Hall–Kier alpha value is -4.27. The van der Waals surface area contributed by atoms with Gasteiger partial charge in [-0.2, -0.15) is 0 Å². The molecule has 0 atom stereocenters. The minimum Gasteiger partial charge on any atom is -0.368 e. The van der Waals surface area contributed by atoms with Gasteiger partial charge in [0.2, 0.25) is 0 Å². The molecular formula is C30H26ClN7O. The number of fused-ring (bicyclic) bond motifs is 4. The molecule has 0 saturated carbocycles. The molecule has 1 aliphatic rings. The van der Waals surface area contributed by atoms with E-state index in [0.717, 1.165) is 81.7 Å². The molecule has 3 aromatic heterocycles. The zero-order valence-corrected chi connectivity index (χ0v) is 22.4. The average Bonchev–Trinajstić information content (AvgIpc) is 3.23. The maximum absolute atomic E-state index is 13.6. The molecule has 0 unspecified atom stereocenters. The second-order valence-electron chi connectivity index (χ2n) is 10.1. The van der Waals surface area contributed by atoms with Gasteiger partial charge in [0.1, 0.15) is 0 Å². The van der Waals surface area contributed by atoms with Crippen LogP contribution in [0.25, 0.3) is 49.8 Å². The highest BCUT2D eigenvalue weighted by molar-refractivity contribution is 6.33.